The monoisotopic (exact) mass is 188 g/mol. The predicted molar refractivity (Wildman–Crippen MR) is 39.7 cm³/mol. The van der Waals surface area contributed by atoms with Gasteiger partial charge in [-0.2, -0.15) is 0 Å². The van der Waals surface area contributed by atoms with E-state index < -0.39 is 11.9 Å². The van der Waals surface area contributed by atoms with E-state index in [4.69, 9.17) is 0 Å². The van der Waals surface area contributed by atoms with Gasteiger partial charge in [-0.15, -0.1) is 0 Å². The first-order valence-electron chi connectivity index (χ1n) is 3.70. The number of carbonyl (C=O) groups excluding carboxylic acids is 2. The minimum atomic E-state index is -0.991. The van der Waals surface area contributed by atoms with Crippen molar-refractivity contribution in [3.05, 3.63) is 0 Å². The third kappa shape index (κ3) is 22.7. The molecule has 14 heavy (non-hydrogen) atoms. The van der Waals surface area contributed by atoms with E-state index in [1.165, 1.54) is 0 Å². The minimum absolute atomic E-state index is 0. The Morgan fingerprint density at radius 2 is 0.857 bits per heavy atom. The number of carbonyl (C=O) groups is 2. The number of hydrogen-bond donors (Lipinski definition) is 0. The van der Waals surface area contributed by atoms with Crippen LogP contribution in [0.1, 0.15) is 27.7 Å². The predicted octanol–water partition coefficient (Wildman–Crippen LogP) is -7.21. The quantitative estimate of drug-likeness (QED) is 0.403. The second-order valence-corrected chi connectivity index (χ2v) is 2.95. The molecule has 0 atom stereocenters. The molecule has 4 nitrogen and oxygen atoms in total. The first kappa shape index (κ1) is 23.7. The van der Waals surface area contributed by atoms with Gasteiger partial charge < -0.3 is 19.8 Å². The number of carboxylic acid groups (broad SMARTS) is 2. The summed E-state index contributed by atoms with van der Waals surface area (Å²) in [5.41, 5.74) is 0. The summed E-state index contributed by atoms with van der Waals surface area (Å²) in [6.07, 6.45) is 0. The second kappa shape index (κ2) is 13.1. The van der Waals surface area contributed by atoms with Crippen molar-refractivity contribution >= 4 is 11.9 Å². The molecule has 0 aliphatic carbocycles. The van der Waals surface area contributed by atoms with Gasteiger partial charge in [0.25, 0.3) is 0 Å². The molecule has 0 heterocycles. The van der Waals surface area contributed by atoms with Crippen LogP contribution in [-0.4, -0.2) is 11.9 Å². The van der Waals surface area contributed by atoms with Crippen molar-refractivity contribution in [2.75, 3.05) is 0 Å². The second-order valence-electron chi connectivity index (χ2n) is 2.95. The van der Waals surface area contributed by atoms with Crippen molar-refractivity contribution in [3.8, 4) is 0 Å². The van der Waals surface area contributed by atoms with E-state index in [-0.39, 0.29) is 49.6 Å². The van der Waals surface area contributed by atoms with Crippen LogP contribution in [0.2, 0.25) is 0 Å². The van der Waals surface area contributed by atoms with Gasteiger partial charge in [0.2, 0.25) is 0 Å². The van der Waals surface area contributed by atoms with E-state index in [1.807, 2.05) is 0 Å². The maximum absolute atomic E-state index is 9.59. The zero-order valence-corrected chi connectivity index (χ0v) is 9.79. The van der Waals surface area contributed by atoms with E-state index in [2.05, 4.69) is 0 Å². The van der Waals surface area contributed by atoms with E-state index in [0.29, 0.717) is 0 Å². The topological polar surface area (TPSA) is 80.3 Å². The van der Waals surface area contributed by atoms with Crippen molar-refractivity contribution in [3.63, 3.8) is 0 Å². The minimum Gasteiger partial charge on any atom is -0.550 e. The summed E-state index contributed by atoms with van der Waals surface area (Å²) in [5, 5.41) is 19.2. The molecule has 0 aliphatic rings. The maximum Gasteiger partial charge on any atom is 1.00 e. The molecule has 0 saturated carbocycles. The van der Waals surface area contributed by atoms with Crippen LogP contribution in [0.4, 0.5) is 0 Å². The smallest absolute Gasteiger partial charge is 0.550 e. The van der Waals surface area contributed by atoms with Gasteiger partial charge in [-0.05, 0) is 11.8 Å². The molecule has 72 valence electrons. The van der Waals surface area contributed by atoms with E-state index in [0.717, 1.165) is 0 Å². The summed E-state index contributed by atoms with van der Waals surface area (Å²) in [5.74, 6) is -2.67. The Hall–Kier alpha value is 0.135. The van der Waals surface area contributed by atoms with E-state index in [9.17, 15) is 19.8 Å². The Morgan fingerprint density at radius 1 is 0.786 bits per heavy atom. The Morgan fingerprint density at radius 3 is 0.857 bits per heavy atom. The van der Waals surface area contributed by atoms with Crippen LogP contribution >= 0.6 is 0 Å². The molecular formula is C8H14Li2O4. The van der Waals surface area contributed by atoms with Crippen molar-refractivity contribution in [1.29, 1.82) is 0 Å². The van der Waals surface area contributed by atoms with Crippen molar-refractivity contribution in [1.82, 2.24) is 0 Å². The Balaban J connectivity index is -0.0000000625. The van der Waals surface area contributed by atoms with E-state index >= 15 is 0 Å². The maximum atomic E-state index is 9.59. The van der Waals surface area contributed by atoms with Gasteiger partial charge in [0.1, 0.15) is 0 Å². The van der Waals surface area contributed by atoms with Gasteiger partial charge in [-0.25, -0.2) is 0 Å². The standard InChI is InChI=1S/2C4H8O2.2Li/c2*1-3(2)4(5)6;;/h2*3H,1-2H3,(H,5,6);;/q;;2*+1/p-2. The zero-order chi connectivity index (χ0) is 10.3. The molecule has 0 N–H and O–H groups in total. The fourth-order valence-corrected chi connectivity index (χ4v) is 0. The number of rotatable bonds is 2. The Bertz CT molecular complexity index is 139. The Labute approximate surface area is 109 Å². The van der Waals surface area contributed by atoms with Crippen molar-refractivity contribution in [2.45, 2.75) is 27.7 Å². The SMILES string of the molecule is CC(C)C(=O)[O-].CC(C)C(=O)[O-].[Li+].[Li+]. The molecule has 0 aliphatic heterocycles. The van der Waals surface area contributed by atoms with Crippen LogP contribution in [0.25, 0.3) is 0 Å². The summed E-state index contributed by atoms with van der Waals surface area (Å²) in [7, 11) is 0. The number of carboxylic acids is 2. The molecule has 0 rings (SSSR count). The molecule has 0 spiro atoms. The normalized spacial score (nSPS) is 7.86. The van der Waals surface area contributed by atoms with Crippen molar-refractivity contribution < 1.29 is 57.5 Å². The Kier molecular flexibility index (Phi) is 22.3. The van der Waals surface area contributed by atoms with Crippen LogP contribution in [0.15, 0.2) is 0 Å². The van der Waals surface area contributed by atoms with Crippen LogP contribution in [0, 0.1) is 11.8 Å². The summed E-state index contributed by atoms with van der Waals surface area (Å²) in [4.78, 5) is 19.2. The van der Waals surface area contributed by atoms with Gasteiger partial charge in [0.15, 0.2) is 0 Å². The molecular weight excluding hydrogens is 174 g/mol. The fourth-order valence-electron chi connectivity index (χ4n) is 0. The van der Waals surface area contributed by atoms with Crippen LogP contribution in [0.3, 0.4) is 0 Å². The molecule has 0 amide bonds. The van der Waals surface area contributed by atoms with Gasteiger partial charge in [-0.3, -0.25) is 0 Å². The van der Waals surface area contributed by atoms with Crippen LogP contribution in [0.5, 0.6) is 0 Å². The van der Waals surface area contributed by atoms with Gasteiger partial charge in [0, 0.05) is 11.9 Å². The average Bonchev–Trinajstić information content (AvgIpc) is 1.88. The molecule has 0 bridgehead atoms. The summed E-state index contributed by atoms with van der Waals surface area (Å²) in [6, 6.07) is 0. The van der Waals surface area contributed by atoms with Gasteiger partial charge >= 0.3 is 37.7 Å². The number of aliphatic carboxylic acids is 2. The molecule has 0 aromatic heterocycles. The fraction of sp³-hybridized carbons (Fsp3) is 0.750. The largest absolute Gasteiger partial charge is 1.00 e. The zero-order valence-electron chi connectivity index (χ0n) is 9.79. The van der Waals surface area contributed by atoms with Crippen molar-refractivity contribution in [2.24, 2.45) is 11.8 Å². The van der Waals surface area contributed by atoms with Crippen LogP contribution < -0.4 is 47.9 Å². The number of hydrogen-bond acceptors (Lipinski definition) is 4. The van der Waals surface area contributed by atoms with Crippen LogP contribution in [-0.2, 0) is 9.59 Å². The molecule has 0 aromatic rings. The summed E-state index contributed by atoms with van der Waals surface area (Å²) >= 11 is 0. The first-order valence-corrected chi connectivity index (χ1v) is 3.70. The van der Waals surface area contributed by atoms with E-state index in [1.54, 1.807) is 27.7 Å². The summed E-state index contributed by atoms with van der Waals surface area (Å²) < 4.78 is 0. The molecule has 0 fully saturated rings. The molecule has 6 heteroatoms. The molecule has 0 aromatic carbocycles. The molecule has 0 saturated heterocycles. The average molecular weight is 188 g/mol. The van der Waals surface area contributed by atoms with Gasteiger partial charge in [0.05, 0.1) is 0 Å². The third-order valence-electron chi connectivity index (χ3n) is 0.943. The molecule has 0 unspecified atom stereocenters. The molecule has 0 radical (unpaired) electrons. The van der Waals surface area contributed by atoms with Gasteiger partial charge in [-0.1, -0.05) is 27.7 Å². The first-order chi connectivity index (χ1) is 5.29. The third-order valence-corrected chi connectivity index (χ3v) is 0.943. The summed E-state index contributed by atoms with van der Waals surface area (Å²) in [6.45, 7) is 6.31.